The second kappa shape index (κ2) is 73.8. The quantitative estimate of drug-likeness (QED) is 0.0280. The molecule has 0 saturated carbocycles. The van der Waals surface area contributed by atoms with Gasteiger partial charge in [-0.2, -0.15) is 11.8 Å². The Hall–Kier alpha value is -6.07. The predicted octanol–water partition coefficient (Wildman–Crippen LogP) is -0.964. The molecule has 2 heterocycles. The Morgan fingerprint density at radius 1 is 0.330 bits per heavy atom. The Morgan fingerprint density at radius 3 is 0.955 bits per heavy atom. The van der Waals surface area contributed by atoms with Crippen LogP contribution in [0, 0.1) is 0 Å². The second-order valence-electron chi connectivity index (χ2n) is 24.1. The van der Waals surface area contributed by atoms with Crippen molar-refractivity contribution in [1.82, 2.24) is 37.2 Å². The highest BCUT2D eigenvalue weighted by Gasteiger charge is 2.42. The number of nitrogens with one attached hydrogen (secondary N) is 7. The molecule has 0 unspecified atom stereocenters. The molecule has 646 valence electrons. The average molecular weight is 1630 g/mol. The number of carboxylic acids is 2. The highest BCUT2D eigenvalue weighted by atomic mass is 32.2. The topological polar surface area (TPSA) is 464 Å². The van der Waals surface area contributed by atoms with Crippen LogP contribution in [0.3, 0.4) is 0 Å². The fraction of sp³-hybridized carbons (Fsp3) is 0.806. The molecular formula is C72H125N7O32S. The summed E-state index contributed by atoms with van der Waals surface area (Å²) >= 11 is 1.89. The van der Waals surface area contributed by atoms with Crippen LogP contribution < -0.4 is 46.7 Å². The van der Waals surface area contributed by atoms with Gasteiger partial charge in [-0.1, -0.05) is 6.42 Å². The summed E-state index contributed by atoms with van der Waals surface area (Å²) in [5, 5.41) is 37.3. The summed E-state index contributed by atoms with van der Waals surface area (Å²) in [4.78, 5) is 95.8. The van der Waals surface area contributed by atoms with Gasteiger partial charge in [-0.05, 0) is 25.0 Å². The van der Waals surface area contributed by atoms with Crippen LogP contribution in [0.25, 0.3) is 0 Å². The van der Waals surface area contributed by atoms with E-state index in [4.69, 9.17) is 114 Å². The Kier molecular flexibility index (Phi) is 66.0. The highest BCUT2D eigenvalue weighted by molar-refractivity contribution is 8.00. The number of carbonyl (C=O) groups is 8. The first-order chi connectivity index (χ1) is 54.9. The summed E-state index contributed by atoms with van der Waals surface area (Å²) in [6.45, 7) is 14.1. The van der Waals surface area contributed by atoms with E-state index in [0.717, 1.165) is 25.0 Å². The normalized spacial score (nSPS) is 14.4. The van der Waals surface area contributed by atoms with Crippen molar-refractivity contribution in [1.29, 1.82) is 0 Å². The zero-order valence-electron chi connectivity index (χ0n) is 64.9. The van der Waals surface area contributed by atoms with Crippen molar-refractivity contribution in [2.75, 3.05) is 316 Å². The second-order valence-corrected chi connectivity index (χ2v) is 25.4. The molecule has 1 aromatic rings. The number of thioether (sulfide) groups is 1. The fourth-order valence-electron chi connectivity index (χ4n) is 9.52. The van der Waals surface area contributed by atoms with E-state index >= 15 is 0 Å². The van der Waals surface area contributed by atoms with Gasteiger partial charge in [0.15, 0.2) is 13.2 Å². The standard InChI is InChI=1S/C72H125N7O32S/c80-64(4-2-1-3-63-70-62(58-112-63)78-72(89)79-70)74-10-16-93-22-28-99-36-38-103-40-42-105-44-46-107-48-50-109-52-51-108-49-47-106-45-43-104-41-39-102-37-33-96-25-19-90-13-5-65(81)73-8-9-77-71(88)59-53-60(110-56-66(82)75-11-17-94-23-29-100-34-31-97-26-20-91-14-6-68(84)85)55-61(54-59)111-57-67(83)76-12-18-95-24-30-101-35-32-98-27-21-92-15-7-69(86)87/h53-55,62-63,70H,1-52,56-58H2,(H,73,81)(H,74,80)(H,75,82)(H,76,83)(H,77,88)(H,84,85)(H,86,87)(H2,78,79,89)/t62-,63-,70-/m0/s1. The minimum absolute atomic E-state index is 0.0243. The molecule has 39 nitrogen and oxygen atoms in total. The van der Waals surface area contributed by atoms with Crippen LogP contribution in [0.1, 0.15) is 55.3 Å². The minimum Gasteiger partial charge on any atom is -0.484 e. The maximum atomic E-state index is 13.3. The lowest BCUT2D eigenvalue weighted by atomic mass is 10.0. The Labute approximate surface area is 660 Å². The van der Waals surface area contributed by atoms with Gasteiger partial charge in [0, 0.05) is 68.2 Å². The summed E-state index contributed by atoms with van der Waals surface area (Å²) < 4.78 is 121. The SMILES string of the molecule is O=C(O)CCOCCOCCOCCOCCNC(=O)COc1cc(OCC(=O)NCCOCCOCCOCCOCCC(=O)O)cc(C(=O)NCCNC(=O)CCOCCOCCOCCOCCOCCOCCOCCOCCOCCOCCOCCOCCNC(=O)CCCC[C@@H]2SC[C@@H]3NC(=O)N[C@@H]32)c1. The predicted molar refractivity (Wildman–Crippen MR) is 401 cm³/mol. The van der Waals surface area contributed by atoms with E-state index in [1.165, 1.54) is 18.2 Å². The lowest BCUT2D eigenvalue weighted by Gasteiger charge is -2.16. The van der Waals surface area contributed by atoms with Gasteiger partial charge in [-0.25, -0.2) is 4.79 Å². The summed E-state index contributed by atoms with van der Waals surface area (Å²) in [6, 6.07) is 4.58. The molecule has 9 N–H and O–H groups in total. The van der Waals surface area contributed by atoms with Gasteiger partial charge in [0.2, 0.25) is 11.8 Å². The number of carboxylic acid groups (broad SMARTS) is 2. The van der Waals surface area contributed by atoms with E-state index < -0.39 is 42.9 Å². The molecule has 2 saturated heterocycles. The van der Waals surface area contributed by atoms with Crippen LogP contribution in [0.2, 0.25) is 0 Å². The van der Waals surface area contributed by atoms with E-state index in [1.807, 2.05) is 11.8 Å². The van der Waals surface area contributed by atoms with Crippen LogP contribution in [-0.4, -0.2) is 391 Å². The highest BCUT2D eigenvalue weighted by Crippen LogP contribution is 2.33. The number of hydrogen-bond donors (Lipinski definition) is 9. The number of benzene rings is 1. The summed E-state index contributed by atoms with van der Waals surface area (Å²) in [5.41, 5.74) is 0.0905. The van der Waals surface area contributed by atoms with Gasteiger partial charge in [-0.3, -0.25) is 33.6 Å². The van der Waals surface area contributed by atoms with Crippen molar-refractivity contribution in [3.8, 4) is 11.5 Å². The number of rotatable bonds is 84. The molecule has 3 rings (SSSR count). The number of aliphatic carboxylic acids is 2. The van der Waals surface area contributed by atoms with Gasteiger partial charge in [0.1, 0.15) is 11.5 Å². The van der Waals surface area contributed by atoms with Crippen molar-refractivity contribution in [2.24, 2.45) is 0 Å². The van der Waals surface area contributed by atoms with Gasteiger partial charge in [0.05, 0.1) is 289 Å². The first kappa shape index (κ1) is 100. The Morgan fingerprint density at radius 2 is 0.616 bits per heavy atom. The number of carbonyl (C=O) groups excluding carboxylic acids is 6. The monoisotopic (exact) mass is 1630 g/mol. The van der Waals surface area contributed by atoms with E-state index in [1.54, 1.807) is 0 Å². The van der Waals surface area contributed by atoms with Crippen molar-refractivity contribution in [3.05, 3.63) is 23.8 Å². The maximum Gasteiger partial charge on any atom is 0.315 e. The van der Waals surface area contributed by atoms with Crippen LogP contribution in [0.5, 0.6) is 11.5 Å². The van der Waals surface area contributed by atoms with E-state index in [9.17, 15) is 38.4 Å². The maximum absolute atomic E-state index is 13.3. The molecule has 0 aliphatic carbocycles. The molecule has 0 aromatic heterocycles. The third kappa shape index (κ3) is 62.3. The van der Waals surface area contributed by atoms with Crippen LogP contribution >= 0.6 is 11.8 Å². The van der Waals surface area contributed by atoms with Crippen molar-refractivity contribution < 1.29 is 153 Å². The summed E-state index contributed by atoms with van der Waals surface area (Å²) in [7, 11) is 0. The third-order valence-corrected chi connectivity index (χ3v) is 16.6. The average Bonchev–Trinajstić information content (AvgIpc) is 1.65. The summed E-state index contributed by atoms with van der Waals surface area (Å²) in [6.07, 6.45) is 3.20. The van der Waals surface area contributed by atoms with Crippen molar-refractivity contribution in [2.45, 2.75) is 62.3 Å². The molecule has 40 heteroatoms. The number of unbranched alkanes of at least 4 members (excludes halogenated alkanes) is 1. The summed E-state index contributed by atoms with van der Waals surface area (Å²) in [5.74, 6) is -2.47. The molecule has 0 spiro atoms. The number of ether oxygens (including phenoxy) is 22. The number of urea groups is 1. The molecule has 7 amide bonds. The van der Waals surface area contributed by atoms with E-state index in [2.05, 4.69) is 37.2 Å². The van der Waals surface area contributed by atoms with Gasteiger partial charge in [0.25, 0.3) is 17.7 Å². The smallest absolute Gasteiger partial charge is 0.315 e. The third-order valence-electron chi connectivity index (χ3n) is 15.1. The first-order valence-electron chi connectivity index (χ1n) is 38.3. The number of hydrogen-bond acceptors (Lipinski definition) is 31. The lowest BCUT2D eigenvalue weighted by Crippen LogP contribution is -2.36. The van der Waals surface area contributed by atoms with Crippen LogP contribution in [0.4, 0.5) is 4.79 Å². The zero-order valence-corrected chi connectivity index (χ0v) is 65.7. The molecule has 1 aromatic carbocycles. The van der Waals surface area contributed by atoms with Gasteiger partial charge in [-0.15, -0.1) is 0 Å². The molecular weight excluding hydrogens is 1510 g/mol. The molecule has 2 aliphatic heterocycles. The molecule has 0 radical (unpaired) electrons. The molecule has 3 atom stereocenters. The Balaban J connectivity index is 1.08. The zero-order chi connectivity index (χ0) is 80.3. The Bertz CT molecular complexity index is 2470. The van der Waals surface area contributed by atoms with E-state index in [0.29, 0.717) is 216 Å². The van der Waals surface area contributed by atoms with Crippen molar-refractivity contribution >= 4 is 59.3 Å². The minimum atomic E-state index is -0.929. The van der Waals surface area contributed by atoms with Crippen molar-refractivity contribution in [3.63, 3.8) is 0 Å². The van der Waals surface area contributed by atoms with Crippen LogP contribution in [0.15, 0.2) is 18.2 Å². The molecule has 2 fully saturated rings. The molecule has 112 heavy (non-hydrogen) atoms. The molecule has 0 bridgehead atoms. The lowest BCUT2D eigenvalue weighted by molar-refractivity contribution is -0.139. The van der Waals surface area contributed by atoms with Gasteiger partial charge >= 0.3 is 18.0 Å². The van der Waals surface area contributed by atoms with Crippen LogP contribution in [-0.2, 0) is 124 Å². The van der Waals surface area contributed by atoms with E-state index in [-0.39, 0.29) is 159 Å². The van der Waals surface area contributed by atoms with Gasteiger partial charge < -0.3 is 152 Å². The first-order valence-corrected chi connectivity index (χ1v) is 39.4. The fourth-order valence-corrected chi connectivity index (χ4v) is 11.1. The number of amides is 7. The largest absolute Gasteiger partial charge is 0.484 e. The molecule has 2 aliphatic rings. The number of fused-ring (bicyclic) bond motifs is 1.